The molecular formula is C25H31ClF2O5. The maximum Gasteiger partial charge on any atom is 0.306 e. The molecule has 0 heterocycles. The molecule has 33 heavy (non-hydrogen) atoms. The van der Waals surface area contributed by atoms with Crippen LogP contribution in [0.15, 0.2) is 23.8 Å². The molecule has 5 nitrogen and oxygen atoms in total. The Morgan fingerprint density at radius 3 is 2.55 bits per heavy atom. The van der Waals surface area contributed by atoms with Gasteiger partial charge in [-0.2, -0.15) is 0 Å². The number of Topliss-reactive ketones (excluding diaryl/α,β-unsaturated/α-hetero) is 1. The second-order valence-electron chi connectivity index (χ2n) is 10.6. The number of halogens is 3. The zero-order valence-electron chi connectivity index (χ0n) is 19.4. The average Bonchev–Trinajstić information content (AvgIpc) is 2.98. The van der Waals surface area contributed by atoms with E-state index in [2.05, 4.69) is 0 Å². The highest BCUT2D eigenvalue weighted by Gasteiger charge is 2.77. The van der Waals surface area contributed by atoms with E-state index >= 15 is 8.78 Å². The number of fused-ring (bicyclic) bond motifs is 5. The van der Waals surface area contributed by atoms with Crippen molar-refractivity contribution in [2.45, 2.75) is 76.9 Å². The van der Waals surface area contributed by atoms with Crippen LogP contribution >= 0.6 is 11.6 Å². The van der Waals surface area contributed by atoms with E-state index in [-0.39, 0.29) is 24.8 Å². The van der Waals surface area contributed by atoms with Crippen LogP contribution in [0, 0.1) is 28.6 Å². The Kier molecular flexibility index (Phi) is 5.73. The summed E-state index contributed by atoms with van der Waals surface area (Å²) in [7, 11) is 0. The third-order valence-electron chi connectivity index (χ3n) is 9.27. The minimum absolute atomic E-state index is 0.0431. The molecule has 0 spiro atoms. The van der Waals surface area contributed by atoms with E-state index < -0.39 is 75.5 Å². The van der Waals surface area contributed by atoms with Crippen LogP contribution in [0.4, 0.5) is 8.78 Å². The zero-order chi connectivity index (χ0) is 24.6. The number of rotatable bonds is 4. The van der Waals surface area contributed by atoms with E-state index in [1.165, 1.54) is 19.1 Å². The van der Waals surface area contributed by atoms with Gasteiger partial charge in [-0.3, -0.25) is 14.4 Å². The van der Waals surface area contributed by atoms with E-state index in [1.54, 1.807) is 20.8 Å². The molecule has 182 valence electrons. The molecule has 8 heteroatoms. The molecule has 4 rings (SSSR count). The highest BCUT2D eigenvalue weighted by molar-refractivity contribution is 6.29. The summed E-state index contributed by atoms with van der Waals surface area (Å²) in [6, 6.07) is 0. The summed E-state index contributed by atoms with van der Waals surface area (Å²) in [5.41, 5.74) is -6.47. The summed E-state index contributed by atoms with van der Waals surface area (Å²) in [5.74, 6) is -3.84. The number of alkyl halides is 3. The highest BCUT2D eigenvalue weighted by Crippen LogP contribution is 2.71. The molecule has 0 unspecified atom stereocenters. The van der Waals surface area contributed by atoms with Gasteiger partial charge in [-0.15, -0.1) is 11.6 Å². The predicted octanol–water partition coefficient (Wildman–Crippen LogP) is 4.05. The summed E-state index contributed by atoms with van der Waals surface area (Å²) in [6.45, 7) is 6.64. The van der Waals surface area contributed by atoms with Gasteiger partial charge in [0.05, 0.1) is 12.0 Å². The Morgan fingerprint density at radius 1 is 1.27 bits per heavy atom. The van der Waals surface area contributed by atoms with Gasteiger partial charge in [-0.05, 0) is 49.8 Å². The normalized spacial score (nSPS) is 48.4. The van der Waals surface area contributed by atoms with Gasteiger partial charge in [-0.1, -0.05) is 26.8 Å². The van der Waals surface area contributed by atoms with E-state index in [0.29, 0.717) is 6.42 Å². The number of ketones is 2. The van der Waals surface area contributed by atoms with Gasteiger partial charge in [0, 0.05) is 29.1 Å². The Labute approximate surface area is 197 Å². The molecule has 0 aromatic rings. The molecule has 4 aliphatic carbocycles. The minimum Gasteiger partial charge on any atom is -0.450 e. The van der Waals surface area contributed by atoms with Gasteiger partial charge in [0.15, 0.2) is 22.8 Å². The van der Waals surface area contributed by atoms with Crippen molar-refractivity contribution in [2.24, 2.45) is 28.6 Å². The van der Waals surface area contributed by atoms with Crippen LogP contribution in [0.25, 0.3) is 0 Å². The third kappa shape index (κ3) is 2.87. The van der Waals surface area contributed by atoms with E-state index in [0.717, 1.165) is 6.08 Å². The Bertz CT molecular complexity index is 964. The number of aliphatic hydroxyl groups excluding tert-OH is 1. The van der Waals surface area contributed by atoms with Gasteiger partial charge in [0.25, 0.3) is 0 Å². The fourth-order valence-electron chi connectivity index (χ4n) is 7.74. The third-order valence-corrected chi connectivity index (χ3v) is 9.51. The molecule has 0 aliphatic heterocycles. The van der Waals surface area contributed by atoms with Crippen LogP contribution in [-0.4, -0.2) is 52.1 Å². The molecule has 0 radical (unpaired) electrons. The lowest BCUT2D eigenvalue weighted by atomic mass is 9.44. The maximum absolute atomic E-state index is 17.2. The smallest absolute Gasteiger partial charge is 0.306 e. The van der Waals surface area contributed by atoms with Gasteiger partial charge in [0.1, 0.15) is 6.17 Å². The minimum atomic E-state index is -2.25. The largest absolute Gasteiger partial charge is 0.450 e. The zero-order valence-corrected chi connectivity index (χ0v) is 20.1. The second kappa shape index (κ2) is 7.70. The van der Waals surface area contributed by atoms with Gasteiger partial charge >= 0.3 is 5.97 Å². The molecule has 0 bridgehead atoms. The molecule has 1 N–H and O–H groups in total. The van der Waals surface area contributed by atoms with Crippen molar-refractivity contribution in [3.63, 3.8) is 0 Å². The molecule has 3 saturated carbocycles. The fraction of sp³-hybridized carbons (Fsp3) is 0.720. The van der Waals surface area contributed by atoms with E-state index in [1.807, 2.05) is 0 Å². The molecule has 0 saturated heterocycles. The van der Waals surface area contributed by atoms with Crippen LogP contribution in [0.1, 0.15) is 53.4 Å². The van der Waals surface area contributed by atoms with Gasteiger partial charge in [0.2, 0.25) is 0 Å². The molecule has 9 atom stereocenters. The predicted molar refractivity (Wildman–Crippen MR) is 118 cm³/mol. The summed E-state index contributed by atoms with van der Waals surface area (Å²) in [4.78, 5) is 37.7. The molecule has 4 aliphatic rings. The van der Waals surface area contributed by atoms with Crippen molar-refractivity contribution in [1.82, 2.24) is 0 Å². The summed E-state index contributed by atoms with van der Waals surface area (Å²) in [5, 5.41) is 11.4. The number of esters is 1. The van der Waals surface area contributed by atoms with Crippen molar-refractivity contribution < 1.29 is 33.0 Å². The number of carbonyl (C=O) groups is 3. The molecule has 0 aromatic heterocycles. The Morgan fingerprint density at radius 2 is 1.94 bits per heavy atom. The van der Waals surface area contributed by atoms with Crippen molar-refractivity contribution >= 4 is 29.1 Å². The number of aliphatic hydroxyl groups is 1. The molecular weight excluding hydrogens is 454 g/mol. The van der Waals surface area contributed by atoms with Crippen LogP contribution in [0.5, 0.6) is 0 Å². The fourth-order valence-corrected chi connectivity index (χ4v) is 7.94. The Hall–Kier alpha value is -1.60. The summed E-state index contributed by atoms with van der Waals surface area (Å²) < 4.78 is 38.5. The lowest BCUT2D eigenvalue weighted by Gasteiger charge is -2.63. The lowest BCUT2D eigenvalue weighted by molar-refractivity contribution is -0.230. The van der Waals surface area contributed by atoms with Crippen LogP contribution in [0.3, 0.4) is 0 Å². The highest BCUT2D eigenvalue weighted by atomic mass is 35.5. The second-order valence-corrected chi connectivity index (χ2v) is 10.9. The first-order valence-corrected chi connectivity index (χ1v) is 12.1. The van der Waals surface area contributed by atoms with Crippen LogP contribution in [0.2, 0.25) is 0 Å². The van der Waals surface area contributed by atoms with Crippen LogP contribution < -0.4 is 0 Å². The quantitative estimate of drug-likeness (QED) is 0.481. The van der Waals surface area contributed by atoms with Gasteiger partial charge < -0.3 is 9.84 Å². The summed E-state index contributed by atoms with van der Waals surface area (Å²) >= 11 is 5.97. The number of hydrogen-bond donors (Lipinski definition) is 1. The molecule has 3 fully saturated rings. The van der Waals surface area contributed by atoms with E-state index in [9.17, 15) is 19.5 Å². The molecule has 0 amide bonds. The lowest BCUT2D eigenvalue weighted by Crippen LogP contribution is -2.71. The van der Waals surface area contributed by atoms with Crippen molar-refractivity contribution in [2.75, 3.05) is 5.88 Å². The van der Waals surface area contributed by atoms with Crippen LogP contribution in [-0.2, 0) is 19.1 Å². The van der Waals surface area contributed by atoms with E-state index in [4.69, 9.17) is 16.3 Å². The maximum atomic E-state index is 17.2. The first-order chi connectivity index (χ1) is 15.3. The average molecular weight is 485 g/mol. The SMILES string of the molecule is CCC(=O)O[C@]1(C(=O)CCl)[C@@H](C)C[C@@H]2[C@@H]3C[C@H](F)C4=CC(=O)C=C[C@]4(C)[C@@]3(F)[C@@H](O)C[C@@]21C. The standard InChI is InChI=1S/C25H31ClF2O5/c1-5-21(32)33-25(20(31)12-26)13(2)8-15-16-10-18(27)17-9-14(29)6-7-22(17,3)24(16,28)19(30)11-23(15,25)4/h6-7,9,13,15-16,18-19,30H,5,8,10-12H2,1-4H3/t13-,15+,16-,18-,19-,22-,23-,24-,25-/m0/s1. The van der Waals surface area contributed by atoms with Crippen molar-refractivity contribution in [3.8, 4) is 0 Å². The summed E-state index contributed by atoms with van der Waals surface area (Å²) in [6.07, 6.45) is 0.584. The van der Waals surface area contributed by atoms with Gasteiger partial charge in [-0.25, -0.2) is 8.78 Å². The molecule has 0 aromatic carbocycles. The monoisotopic (exact) mass is 484 g/mol. The van der Waals surface area contributed by atoms with Crippen molar-refractivity contribution in [3.05, 3.63) is 23.8 Å². The van der Waals surface area contributed by atoms with Crippen molar-refractivity contribution in [1.29, 1.82) is 0 Å². The number of carbonyl (C=O) groups excluding carboxylic acids is 3. The Balaban J connectivity index is 1.88. The first-order valence-electron chi connectivity index (χ1n) is 11.6. The first kappa shape index (κ1) is 24.5. The number of allylic oxidation sites excluding steroid dienone is 4. The topological polar surface area (TPSA) is 80.7 Å². The number of ether oxygens (including phenoxy) is 1. The number of hydrogen-bond acceptors (Lipinski definition) is 5.